The van der Waals surface area contributed by atoms with E-state index in [1.807, 2.05) is 24.3 Å². The molecule has 0 atom stereocenters. The van der Waals surface area contributed by atoms with Crippen LogP contribution in [0.4, 0.5) is 0 Å². The molecule has 0 fully saturated rings. The molecule has 0 amide bonds. The number of hydrogen-bond donors (Lipinski definition) is 4. The van der Waals surface area contributed by atoms with E-state index in [0.717, 1.165) is 65.3 Å². The zero-order valence-corrected chi connectivity index (χ0v) is 45.6. The maximum Gasteiger partial charge on any atom is 0.124 e. The second-order valence-corrected chi connectivity index (χ2v) is 43.4. The van der Waals surface area contributed by atoms with Crippen molar-refractivity contribution in [2.45, 2.75) is 78.6 Å². The molecule has 4 nitrogen and oxygen atoms in total. The molecule has 0 radical (unpaired) electrons. The molecule has 0 unspecified atom stereocenters. The van der Waals surface area contributed by atoms with Crippen LogP contribution in [0.15, 0.2) is 144 Å². The van der Waals surface area contributed by atoms with Crippen LogP contribution in [0.2, 0.25) is 78.6 Å². The third kappa shape index (κ3) is 9.22. The Morgan fingerprint density at radius 3 is 0.632 bits per heavy atom. The van der Waals surface area contributed by atoms with Gasteiger partial charge in [-0.1, -0.05) is 174 Å². The number of hydrogen-bond acceptors (Lipinski definition) is 4. The van der Waals surface area contributed by atoms with Gasteiger partial charge in [0.15, 0.2) is 0 Å². The first-order valence-corrected chi connectivity index (χ1v) is 38.1. The van der Waals surface area contributed by atoms with Gasteiger partial charge in [0, 0.05) is 22.3 Å². The lowest BCUT2D eigenvalue weighted by molar-refractivity contribution is 0.470. The van der Waals surface area contributed by atoms with Gasteiger partial charge in [-0.3, -0.25) is 0 Å². The first-order valence-electron chi connectivity index (χ1n) is 23.8. The van der Waals surface area contributed by atoms with Crippen molar-refractivity contribution in [3.63, 3.8) is 0 Å². The van der Waals surface area contributed by atoms with E-state index in [4.69, 9.17) is 0 Å². The monoisotopic (exact) mass is 960 g/mol. The number of rotatable bonds is 4. The molecule has 0 spiro atoms. The number of aromatic hydroxyl groups is 4. The van der Waals surface area contributed by atoms with E-state index in [9.17, 15) is 20.4 Å². The van der Waals surface area contributed by atoms with Crippen molar-refractivity contribution >= 4 is 97.7 Å². The van der Waals surface area contributed by atoms with Gasteiger partial charge in [-0.2, -0.15) is 0 Å². The number of phenols is 4. The number of benzene rings is 8. The lowest BCUT2D eigenvalue weighted by Crippen LogP contribution is -2.19. The molecule has 0 aromatic heterocycles. The van der Waals surface area contributed by atoms with Gasteiger partial charge in [-0.25, -0.2) is 0 Å². The molecule has 10 aliphatic rings. The zero-order chi connectivity index (χ0) is 48.8. The first-order chi connectivity index (χ1) is 31.8. The third-order valence-corrected chi connectivity index (χ3v) is 17.2. The Kier molecular flexibility index (Phi) is 11.6. The number of phenolic OH excluding ortho intramolecular Hbond substituents is 4. The number of allylic oxidation sites excluding steroid dienone is 4. The predicted octanol–water partition coefficient (Wildman–Crippen LogP) is 17.2. The van der Waals surface area contributed by atoms with E-state index < -0.39 is 32.3 Å². The first kappa shape index (κ1) is 46.9. The van der Waals surface area contributed by atoms with Crippen LogP contribution in [0.1, 0.15) is 22.3 Å². The second kappa shape index (κ2) is 16.8. The lowest BCUT2D eigenvalue weighted by atomic mass is 9.86. The van der Waals surface area contributed by atoms with Crippen LogP contribution in [0.25, 0.3) is 87.6 Å². The minimum absolute atomic E-state index is 0.116. The summed E-state index contributed by atoms with van der Waals surface area (Å²) in [6.07, 6.45) is 0. The fraction of sp³-hybridized carbons (Fsp3) is 0.200. The largest absolute Gasteiger partial charge is 0.507 e. The molecule has 10 aliphatic carbocycles. The van der Waals surface area contributed by atoms with E-state index in [-0.39, 0.29) is 23.0 Å². The molecule has 0 aliphatic heterocycles. The fourth-order valence-corrected chi connectivity index (χ4v) is 14.7. The van der Waals surface area contributed by atoms with Crippen molar-refractivity contribution in [3.05, 3.63) is 166 Å². The Bertz CT molecular complexity index is 3060. The topological polar surface area (TPSA) is 80.9 Å². The molecule has 4 N–H and O–H groups in total. The highest BCUT2D eigenvalue weighted by molar-refractivity contribution is 6.84. The van der Waals surface area contributed by atoms with Crippen molar-refractivity contribution in [2.75, 3.05) is 0 Å². The molecule has 0 saturated carbocycles. The highest BCUT2D eigenvalue weighted by Gasteiger charge is 2.26. The van der Waals surface area contributed by atoms with Gasteiger partial charge in [0.25, 0.3) is 0 Å². The minimum Gasteiger partial charge on any atom is -0.507 e. The van der Waals surface area contributed by atoms with E-state index >= 15 is 0 Å². The lowest BCUT2D eigenvalue weighted by Gasteiger charge is -2.24. The van der Waals surface area contributed by atoms with Gasteiger partial charge < -0.3 is 20.4 Å². The Hall–Kier alpha value is -6.17. The molecule has 0 saturated heterocycles. The van der Waals surface area contributed by atoms with Crippen LogP contribution in [-0.4, -0.2) is 52.7 Å². The van der Waals surface area contributed by atoms with E-state index in [1.165, 1.54) is 22.3 Å². The Labute approximate surface area is 406 Å². The summed E-state index contributed by atoms with van der Waals surface area (Å²) in [6, 6.07) is 41.2. The molecular weight excluding hydrogens is 897 g/mol. The van der Waals surface area contributed by atoms with Gasteiger partial charge >= 0.3 is 0 Å². The second-order valence-electron chi connectivity index (χ2n) is 23.3. The highest BCUT2D eigenvalue weighted by Crippen LogP contribution is 2.49. The minimum atomic E-state index is -1.86. The summed E-state index contributed by atoms with van der Waals surface area (Å²) >= 11 is 0. The zero-order valence-electron chi connectivity index (χ0n) is 41.6. The summed E-state index contributed by atoms with van der Waals surface area (Å²) < 4.78 is 0. The Balaban J connectivity index is 1.44. The maximum absolute atomic E-state index is 11.9. The van der Waals surface area contributed by atoms with Gasteiger partial charge in [-0.05, 0) is 136 Å². The van der Waals surface area contributed by atoms with Crippen molar-refractivity contribution in [1.29, 1.82) is 0 Å². The third-order valence-electron chi connectivity index (χ3n) is 12.6. The standard InChI is InChI=1S/C60H64O4Si4/c1-65(2,3)33-49-41-13-21-45-37(29-41)17-25-53(61)57(45)59-47-23-15-43(31-39(47)19-27-55(59)63)51(35-67(7,8)9)52(36-68(10,11)12)44-16-24-48-40(32-44)20-28-56(64)60(48)58-46-22-14-42(50(49)34-66(4,5)6)30-38(46)18-26-54(58)62/h13-36,61-64H,1-12H3/b49-33+,50-34+,51-35+,52-36+. The van der Waals surface area contributed by atoms with Crippen molar-refractivity contribution in [3.8, 4) is 45.3 Å². The van der Waals surface area contributed by atoms with Crippen molar-refractivity contribution in [1.82, 2.24) is 0 Å². The molecule has 8 aromatic rings. The quantitative estimate of drug-likeness (QED) is 0.133. The van der Waals surface area contributed by atoms with Gasteiger partial charge in [-0.15, -0.1) is 0 Å². The van der Waals surface area contributed by atoms with Gasteiger partial charge in [0.1, 0.15) is 23.0 Å². The van der Waals surface area contributed by atoms with Crippen LogP contribution in [0.3, 0.4) is 0 Å². The van der Waals surface area contributed by atoms with Crippen molar-refractivity contribution in [2.24, 2.45) is 0 Å². The van der Waals surface area contributed by atoms with Crippen LogP contribution in [0, 0.1) is 0 Å². The summed E-state index contributed by atoms with van der Waals surface area (Å²) in [7, 11) is -7.45. The summed E-state index contributed by atoms with van der Waals surface area (Å²) in [6.45, 7) is 28.4. The fourth-order valence-electron chi connectivity index (χ4n) is 9.99. The molecule has 16 bridgehead atoms. The van der Waals surface area contributed by atoms with Crippen LogP contribution in [0.5, 0.6) is 23.0 Å². The molecule has 8 heteroatoms. The van der Waals surface area contributed by atoms with Gasteiger partial charge in [0.05, 0.1) is 32.3 Å². The van der Waals surface area contributed by atoms with Crippen molar-refractivity contribution < 1.29 is 20.4 Å². The van der Waals surface area contributed by atoms with Crippen LogP contribution < -0.4 is 0 Å². The smallest absolute Gasteiger partial charge is 0.124 e. The molecule has 0 heterocycles. The predicted molar refractivity (Wildman–Crippen MR) is 306 cm³/mol. The summed E-state index contributed by atoms with van der Waals surface area (Å²) in [4.78, 5) is 0. The molecule has 8 aromatic carbocycles. The molecule has 18 rings (SSSR count). The van der Waals surface area contributed by atoms with Gasteiger partial charge in [0.2, 0.25) is 0 Å². The van der Waals surface area contributed by atoms with E-state index in [1.54, 1.807) is 24.3 Å². The van der Waals surface area contributed by atoms with Crippen LogP contribution >= 0.6 is 0 Å². The average molecular weight is 962 g/mol. The SMILES string of the molecule is C[Si](C)(C)/C=C1/C(=C/[Si](C)(C)C)c2ccc3c(c(O)ccc3c2)-c2c(O)ccc3cc(ccc23)C(=C\[Si](C)(C)C)/C(=C/[Si](C)(C)C)c2ccc3c(c(O)ccc3c2)-c2c(O)ccc3cc1ccc23. The summed E-state index contributed by atoms with van der Waals surface area (Å²) in [5.41, 5.74) is 21.5. The molecular formula is C60H64O4Si4. The highest BCUT2D eigenvalue weighted by atomic mass is 28.3. The Morgan fingerprint density at radius 1 is 0.265 bits per heavy atom. The summed E-state index contributed by atoms with van der Waals surface area (Å²) in [5.74, 6) is 0.462. The molecule has 344 valence electrons. The Morgan fingerprint density at radius 2 is 0.456 bits per heavy atom. The average Bonchev–Trinajstić information content (AvgIpc) is 3.24. The van der Waals surface area contributed by atoms with Crippen LogP contribution in [-0.2, 0) is 0 Å². The summed E-state index contributed by atoms with van der Waals surface area (Å²) in [5, 5.41) is 54.7. The van der Waals surface area contributed by atoms with E-state index in [0.29, 0.717) is 22.3 Å². The molecule has 68 heavy (non-hydrogen) atoms. The van der Waals surface area contributed by atoms with E-state index in [2.05, 4.69) is 174 Å². The normalized spacial score (nSPS) is 16.3. The maximum atomic E-state index is 11.9.